The first kappa shape index (κ1) is 23.9. The summed E-state index contributed by atoms with van der Waals surface area (Å²) in [7, 11) is 0. The highest BCUT2D eigenvalue weighted by atomic mass is 16.5. The van der Waals surface area contributed by atoms with E-state index in [1.807, 2.05) is 41.3 Å². The number of carbonyl (C=O) groups is 1. The first-order valence-electron chi connectivity index (χ1n) is 12.7. The van der Waals surface area contributed by atoms with Gasteiger partial charge >= 0.3 is 0 Å². The minimum atomic E-state index is 0.0538. The predicted octanol–water partition coefficient (Wildman–Crippen LogP) is 6.37. The fourth-order valence-corrected chi connectivity index (χ4v) is 5.34. The number of benzene rings is 3. The molecular weight excluding hydrogens is 446 g/mol. The van der Waals surface area contributed by atoms with Crippen molar-refractivity contribution in [3.05, 3.63) is 102 Å². The molecule has 184 valence electrons. The minimum Gasteiger partial charge on any atom is -0.493 e. The second-order valence-electron chi connectivity index (χ2n) is 9.56. The number of nitrogens with zero attached hydrogens (tertiary/aromatic N) is 3. The van der Waals surface area contributed by atoms with Crippen LogP contribution in [-0.4, -0.2) is 28.6 Å². The highest BCUT2D eigenvalue weighted by Crippen LogP contribution is 2.36. The normalized spacial score (nSPS) is 15.6. The van der Waals surface area contributed by atoms with Crippen LogP contribution in [0.3, 0.4) is 0 Å². The van der Waals surface area contributed by atoms with E-state index in [1.54, 1.807) is 0 Å². The third kappa shape index (κ3) is 4.66. The molecule has 0 saturated carbocycles. The Morgan fingerprint density at radius 3 is 2.58 bits per heavy atom. The van der Waals surface area contributed by atoms with Gasteiger partial charge in [0.2, 0.25) is 5.91 Å². The zero-order chi connectivity index (χ0) is 25.1. The number of hydrogen-bond acceptors (Lipinski definition) is 3. The maximum atomic E-state index is 13.2. The molecule has 3 aromatic carbocycles. The van der Waals surface area contributed by atoms with Crippen molar-refractivity contribution in [3.63, 3.8) is 0 Å². The summed E-state index contributed by atoms with van der Waals surface area (Å²) < 4.78 is 8.43. The van der Waals surface area contributed by atoms with E-state index >= 15 is 0 Å². The lowest BCUT2D eigenvalue weighted by Crippen LogP contribution is -2.26. The number of para-hydroxylation sites is 4. The van der Waals surface area contributed by atoms with Crippen molar-refractivity contribution in [2.24, 2.45) is 0 Å². The highest BCUT2D eigenvalue weighted by Gasteiger charge is 2.35. The van der Waals surface area contributed by atoms with E-state index in [1.165, 1.54) is 0 Å². The van der Waals surface area contributed by atoms with Crippen molar-refractivity contribution in [2.45, 2.75) is 45.6 Å². The van der Waals surface area contributed by atoms with Gasteiger partial charge in [-0.2, -0.15) is 0 Å². The third-order valence-corrected chi connectivity index (χ3v) is 7.00. The van der Waals surface area contributed by atoms with Crippen LogP contribution in [0.25, 0.3) is 11.0 Å². The van der Waals surface area contributed by atoms with Gasteiger partial charge in [-0.05, 0) is 61.6 Å². The van der Waals surface area contributed by atoms with Crippen molar-refractivity contribution in [1.82, 2.24) is 9.55 Å². The molecule has 2 heterocycles. The molecule has 1 aromatic heterocycles. The molecule has 1 aliphatic rings. The van der Waals surface area contributed by atoms with E-state index in [-0.39, 0.29) is 11.8 Å². The van der Waals surface area contributed by atoms with Crippen molar-refractivity contribution in [2.75, 3.05) is 18.1 Å². The second kappa shape index (κ2) is 10.4. The summed E-state index contributed by atoms with van der Waals surface area (Å²) in [5.74, 6) is 2.13. The van der Waals surface area contributed by atoms with E-state index in [9.17, 15) is 4.79 Å². The summed E-state index contributed by atoms with van der Waals surface area (Å²) in [6.07, 6.45) is 4.01. The summed E-state index contributed by atoms with van der Waals surface area (Å²) in [5, 5.41) is 0. The molecule has 4 aromatic rings. The average molecular weight is 480 g/mol. The number of fused-ring (bicyclic) bond motifs is 1. The van der Waals surface area contributed by atoms with Crippen LogP contribution >= 0.6 is 0 Å². The van der Waals surface area contributed by atoms with Gasteiger partial charge in [-0.1, -0.05) is 54.6 Å². The number of allylic oxidation sites excluding steroid dienone is 1. The maximum absolute atomic E-state index is 13.2. The number of aromatic nitrogens is 2. The summed E-state index contributed by atoms with van der Waals surface area (Å²) in [6.45, 7) is 10.0. The van der Waals surface area contributed by atoms with Gasteiger partial charge in [0.1, 0.15) is 11.6 Å². The lowest BCUT2D eigenvalue weighted by molar-refractivity contribution is -0.117. The molecule has 1 amide bonds. The molecule has 0 radical (unpaired) electrons. The van der Waals surface area contributed by atoms with Crippen LogP contribution < -0.4 is 9.64 Å². The van der Waals surface area contributed by atoms with Crippen molar-refractivity contribution >= 4 is 22.6 Å². The van der Waals surface area contributed by atoms with Gasteiger partial charge < -0.3 is 14.2 Å². The zero-order valence-corrected chi connectivity index (χ0v) is 21.1. The van der Waals surface area contributed by atoms with Gasteiger partial charge in [0.25, 0.3) is 0 Å². The van der Waals surface area contributed by atoms with Gasteiger partial charge in [-0.25, -0.2) is 4.98 Å². The largest absolute Gasteiger partial charge is 0.493 e. The Hall–Kier alpha value is -3.86. The van der Waals surface area contributed by atoms with Gasteiger partial charge in [-0.3, -0.25) is 4.79 Å². The quantitative estimate of drug-likeness (QED) is 0.207. The minimum absolute atomic E-state index is 0.0538. The summed E-state index contributed by atoms with van der Waals surface area (Å²) in [5.41, 5.74) is 6.54. The molecule has 36 heavy (non-hydrogen) atoms. The molecule has 1 unspecified atom stereocenters. The van der Waals surface area contributed by atoms with Crippen LogP contribution in [0, 0.1) is 13.8 Å². The molecule has 1 atom stereocenters. The first-order chi connectivity index (χ1) is 17.6. The monoisotopic (exact) mass is 479 g/mol. The number of imidazole rings is 1. The van der Waals surface area contributed by atoms with Crippen LogP contribution in [0.15, 0.2) is 79.4 Å². The summed E-state index contributed by atoms with van der Waals surface area (Å²) in [4.78, 5) is 20.1. The fourth-order valence-electron chi connectivity index (χ4n) is 5.34. The van der Waals surface area contributed by atoms with Crippen molar-refractivity contribution < 1.29 is 9.53 Å². The van der Waals surface area contributed by atoms with E-state index in [0.29, 0.717) is 19.6 Å². The Kier molecular flexibility index (Phi) is 6.90. The fraction of sp³-hybridized carbons (Fsp3) is 0.290. The molecule has 0 N–H and O–H groups in total. The summed E-state index contributed by atoms with van der Waals surface area (Å²) >= 11 is 0. The predicted molar refractivity (Wildman–Crippen MR) is 146 cm³/mol. The van der Waals surface area contributed by atoms with Crippen LogP contribution in [-0.2, 0) is 17.8 Å². The van der Waals surface area contributed by atoms with Gasteiger partial charge in [0, 0.05) is 31.1 Å². The van der Waals surface area contributed by atoms with Crippen molar-refractivity contribution in [3.8, 4) is 5.75 Å². The standard InChI is InChI=1S/C31H33N3O2/c1-4-11-24-14-5-8-17-28(24)36-19-10-18-33-27-16-7-6-15-26(27)32-31(33)25-20-29(35)34(21-25)30-22(2)12-9-13-23(30)3/h4-9,12-17,25H,1,10-11,18-21H2,2-3H3. The van der Waals surface area contributed by atoms with E-state index in [2.05, 4.69) is 61.4 Å². The Balaban J connectivity index is 1.36. The van der Waals surface area contributed by atoms with E-state index in [0.717, 1.165) is 64.4 Å². The molecule has 1 saturated heterocycles. The average Bonchev–Trinajstić information content (AvgIpc) is 3.43. The number of rotatable bonds is 9. The number of hydrogen-bond donors (Lipinski definition) is 0. The molecular formula is C31H33N3O2. The smallest absolute Gasteiger partial charge is 0.227 e. The molecule has 5 rings (SSSR count). The Labute approximate surface area is 213 Å². The Bertz CT molecular complexity index is 1380. The SMILES string of the molecule is C=CCc1ccccc1OCCCn1c(C2CC(=O)N(c3c(C)cccc3C)C2)nc2ccccc21. The first-order valence-corrected chi connectivity index (χ1v) is 12.7. The summed E-state index contributed by atoms with van der Waals surface area (Å²) in [6, 6.07) is 22.6. The van der Waals surface area contributed by atoms with Crippen LogP contribution in [0.5, 0.6) is 5.75 Å². The second-order valence-corrected chi connectivity index (χ2v) is 9.56. The number of amides is 1. The molecule has 0 aliphatic carbocycles. The number of aryl methyl sites for hydroxylation is 3. The molecule has 1 fully saturated rings. The van der Waals surface area contributed by atoms with Crippen LogP contribution in [0.1, 0.15) is 41.3 Å². The Morgan fingerprint density at radius 1 is 1.03 bits per heavy atom. The molecule has 1 aliphatic heterocycles. The number of carbonyl (C=O) groups excluding carboxylic acids is 1. The molecule has 0 spiro atoms. The van der Waals surface area contributed by atoms with Gasteiger partial charge in [0.15, 0.2) is 0 Å². The highest BCUT2D eigenvalue weighted by molar-refractivity contribution is 5.98. The lowest BCUT2D eigenvalue weighted by atomic mass is 10.1. The van der Waals surface area contributed by atoms with E-state index in [4.69, 9.17) is 9.72 Å². The van der Waals surface area contributed by atoms with Gasteiger partial charge in [0.05, 0.1) is 17.6 Å². The zero-order valence-electron chi connectivity index (χ0n) is 21.1. The van der Waals surface area contributed by atoms with Crippen molar-refractivity contribution in [1.29, 1.82) is 0 Å². The van der Waals surface area contributed by atoms with Crippen LogP contribution in [0.2, 0.25) is 0 Å². The number of ether oxygens (including phenoxy) is 1. The maximum Gasteiger partial charge on any atom is 0.227 e. The van der Waals surface area contributed by atoms with Crippen LogP contribution in [0.4, 0.5) is 5.69 Å². The molecule has 0 bridgehead atoms. The molecule has 5 heteroatoms. The number of anilines is 1. The van der Waals surface area contributed by atoms with E-state index < -0.39 is 0 Å². The third-order valence-electron chi connectivity index (χ3n) is 7.00. The molecule has 5 nitrogen and oxygen atoms in total. The lowest BCUT2D eigenvalue weighted by Gasteiger charge is -2.21. The van der Waals surface area contributed by atoms with Gasteiger partial charge in [-0.15, -0.1) is 6.58 Å². The Morgan fingerprint density at radius 2 is 1.78 bits per heavy atom. The topological polar surface area (TPSA) is 47.4 Å².